The van der Waals surface area contributed by atoms with Crippen molar-refractivity contribution in [2.24, 2.45) is 0 Å². The Bertz CT molecular complexity index is 730. The number of benzene rings is 2. The van der Waals surface area contributed by atoms with Gasteiger partial charge in [-0.25, -0.2) is 4.39 Å². The number of aromatic hydroxyl groups is 1. The van der Waals surface area contributed by atoms with Gasteiger partial charge in [0.25, 0.3) is 0 Å². The summed E-state index contributed by atoms with van der Waals surface area (Å²) in [6.45, 7) is 1.80. The predicted octanol–water partition coefficient (Wildman–Crippen LogP) is 3.46. The highest BCUT2D eigenvalue weighted by molar-refractivity contribution is 6.16. The topological polar surface area (TPSA) is 46.5 Å². The summed E-state index contributed by atoms with van der Waals surface area (Å²) in [6, 6.07) is 8.92. The van der Waals surface area contributed by atoms with E-state index in [0.717, 1.165) is 5.56 Å². The average Bonchev–Trinajstić information content (AvgIpc) is 2.69. The van der Waals surface area contributed by atoms with Crippen LogP contribution in [-0.2, 0) is 0 Å². The van der Waals surface area contributed by atoms with Gasteiger partial charge in [0.1, 0.15) is 22.9 Å². The molecule has 0 aromatic heterocycles. The first-order valence-electron chi connectivity index (χ1n) is 6.08. The molecule has 1 aliphatic heterocycles. The molecule has 0 bridgehead atoms. The zero-order chi connectivity index (χ0) is 14.3. The van der Waals surface area contributed by atoms with E-state index in [1.807, 2.05) is 0 Å². The minimum atomic E-state index is -0.373. The van der Waals surface area contributed by atoms with Crippen molar-refractivity contribution in [3.05, 3.63) is 64.7 Å². The fourth-order valence-electron chi connectivity index (χ4n) is 2.14. The maximum Gasteiger partial charge on any atom is 0.235 e. The molecule has 0 unspecified atom stereocenters. The molecule has 20 heavy (non-hydrogen) atoms. The Hall–Kier alpha value is -2.62. The van der Waals surface area contributed by atoms with E-state index in [9.17, 15) is 14.3 Å². The number of hydrogen-bond acceptors (Lipinski definition) is 3. The molecule has 1 N–H and O–H groups in total. The minimum absolute atomic E-state index is 0.0903. The van der Waals surface area contributed by atoms with Crippen LogP contribution in [0.4, 0.5) is 4.39 Å². The van der Waals surface area contributed by atoms with E-state index in [-0.39, 0.29) is 28.7 Å². The van der Waals surface area contributed by atoms with Gasteiger partial charge in [-0.1, -0.05) is 12.1 Å². The Morgan fingerprint density at radius 2 is 1.90 bits per heavy atom. The van der Waals surface area contributed by atoms with Gasteiger partial charge in [-0.3, -0.25) is 4.79 Å². The molecule has 0 amide bonds. The SMILES string of the molecule is Cc1cc(O)c2c(c1)O/C(=C\c1ccc(F)cc1)C2=O. The normalized spacial score (nSPS) is 15.3. The van der Waals surface area contributed by atoms with E-state index < -0.39 is 0 Å². The molecule has 1 heterocycles. The fourth-order valence-corrected chi connectivity index (χ4v) is 2.14. The number of Topliss-reactive ketones (excluding diaryl/α,β-unsaturated/α-hetero) is 1. The van der Waals surface area contributed by atoms with Crippen molar-refractivity contribution in [3.63, 3.8) is 0 Å². The third-order valence-corrected chi connectivity index (χ3v) is 3.06. The highest BCUT2D eigenvalue weighted by Gasteiger charge is 2.30. The highest BCUT2D eigenvalue weighted by atomic mass is 19.1. The Balaban J connectivity index is 2.01. The first-order chi connectivity index (χ1) is 9.54. The lowest BCUT2D eigenvalue weighted by molar-refractivity contribution is 0.101. The van der Waals surface area contributed by atoms with Gasteiger partial charge in [-0.15, -0.1) is 0 Å². The Kier molecular flexibility index (Phi) is 2.79. The van der Waals surface area contributed by atoms with Crippen LogP contribution in [0.3, 0.4) is 0 Å². The molecule has 0 spiro atoms. The molecular formula is C16H11FO3. The standard InChI is InChI=1S/C16H11FO3/c1-9-6-12(18)15-13(7-9)20-14(16(15)19)8-10-2-4-11(17)5-3-10/h2-8,18H,1H3/b14-8-. The zero-order valence-electron chi connectivity index (χ0n) is 10.7. The molecule has 0 radical (unpaired) electrons. The van der Waals surface area contributed by atoms with Crippen molar-refractivity contribution in [3.8, 4) is 11.5 Å². The number of phenolic OH excluding ortho intramolecular Hbond substituents is 1. The van der Waals surface area contributed by atoms with Crippen LogP contribution in [0.5, 0.6) is 11.5 Å². The smallest absolute Gasteiger partial charge is 0.235 e. The lowest BCUT2D eigenvalue weighted by Gasteiger charge is -2.00. The summed E-state index contributed by atoms with van der Waals surface area (Å²) in [7, 11) is 0. The van der Waals surface area contributed by atoms with Crippen LogP contribution in [0.15, 0.2) is 42.2 Å². The van der Waals surface area contributed by atoms with E-state index in [0.29, 0.717) is 11.3 Å². The van der Waals surface area contributed by atoms with Gasteiger partial charge in [0, 0.05) is 0 Å². The number of halogens is 1. The number of fused-ring (bicyclic) bond motifs is 1. The van der Waals surface area contributed by atoms with E-state index in [1.54, 1.807) is 25.1 Å². The van der Waals surface area contributed by atoms with E-state index in [4.69, 9.17) is 4.74 Å². The van der Waals surface area contributed by atoms with Crippen LogP contribution in [-0.4, -0.2) is 10.9 Å². The van der Waals surface area contributed by atoms with Gasteiger partial charge in [0.2, 0.25) is 5.78 Å². The largest absolute Gasteiger partial charge is 0.507 e. The molecule has 0 saturated carbocycles. The fraction of sp³-hybridized carbons (Fsp3) is 0.0625. The minimum Gasteiger partial charge on any atom is -0.507 e. The number of phenols is 1. The summed E-state index contributed by atoms with van der Waals surface area (Å²) in [5, 5.41) is 9.83. The molecule has 2 aromatic rings. The number of ether oxygens (including phenoxy) is 1. The molecule has 3 rings (SSSR count). The van der Waals surface area contributed by atoms with Gasteiger partial charge in [0.15, 0.2) is 5.76 Å². The molecule has 3 nitrogen and oxygen atoms in total. The van der Waals surface area contributed by atoms with E-state index in [1.165, 1.54) is 24.3 Å². The van der Waals surface area contributed by atoms with Crippen LogP contribution in [0.2, 0.25) is 0 Å². The van der Waals surface area contributed by atoms with Crippen LogP contribution >= 0.6 is 0 Å². The summed E-state index contributed by atoms with van der Waals surface area (Å²) in [4.78, 5) is 12.2. The molecular weight excluding hydrogens is 259 g/mol. The Morgan fingerprint density at radius 3 is 2.60 bits per heavy atom. The van der Waals surface area contributed by atoms with Crippen LogP contribution < -0.4 is 4.74 Å². The number of carbonyl (C=O) groups excluding carboxylic acids is 1. The molecule has 1 aliphatic rings. The number of ketones is 1. The second kappa shape index (κ2) is 4.49. The van der Waals surface area contributed by atoms with Gasteiger partial charge < -0.3 is 9.84 Å². The first-order valence-corrected chi connectivity index (χ1v) is 6.08. The average molecular weight is 270 g/mol. The molecule has 4 heteroatoms. The van der Waals surface area contributed by atoms with Crippen LogP contribution in [0.25, 0.3) is 6.08 Å². The second-order valence-corrected chi connectivity index (χ2v) is 4.65. The third kappa shape index (κ3) is 2.05. The van der Waals surface area contributed by atoms with E-state index >= 15 is 0 Å². The third-order valence-electron chi connectivity index (χ3n) is 3.06. The van der Waals surface area contributed by atoms with Gasteiger partial charge in [-0.2, -0.15) is 0 Å². The number of hydrogen-bond donors (Lipinski definition) is 1. The summed E-state index contributed by atoms with van der Waals surface area (Å²) in [5.41, 5.74) is 1.62. The van der Waals surface area contributed by atoms with Gasteiger partial charge >= 0.3 is 0 Å². The highest BCUT2D eigenvalue weighted by Crippen LogP contribution is 2.38. The zero-order valence-corrected chi connectivity index (χ0v) is 10.7. The van der Waals surface area contributed by atoms with Crippen molar-refractivity contribution in [2.75, 3.05) is 0 Å². The van der Waals surface area contributed by atoms with Crippen LogP contribution in [0, 0.1) is 12.7 Å². The van der Waals surface area contributed by atoms with Crippen molar-refractivity contribution in [1.29, 1.82) is 0 Å². The first kappa shape index (κ1) is 12.4. The Labute approximate surface area is 114 Å². The monoisotopic (exact) mass is 270 g/mol. The number of aryl methyl sites for hydroxylation is 1. The van der Waals surface area contributed by atoms with Crippen molar-refractivity contribution in [2.45, 2.75) is 6.92 Å². The van der Waals surface area contributed by atoms with Crippen molar-refractivity contribution in [1.82, 2.24) is 0 Å². The molecule has 0 saturated heterocycles. The van der Waals surface area contributed by atoms with E-state index in [2.05, 4.69) is 0 Å². The summed E-state index contributed by atoms with van der Waals surface area (Å²) in [6.07, 6.45) is 1.52. The number of allylic oxidation sites excluding steroid dienone is 1. The Morgan fingerprint density at radius 1 is 1.20 bits per heavy atom. The summed E-state index contributed by atoms with van der Waals surface area (Å²) >= 11 is 0. The number of carbonyl (C=O) groups is 1. The molecule has 2 aromatic carbocycles. The maximum absolute atomic E-state index is 12.8. The van der Waals surface area contributed by atoms with Crippen molar-refractivity contribution < 1.29 is 19.0 Å². The summed E-state index contributed by atoms with van der Waals surface area (Å²) < 4.78 is 18.3. The molecule has 100 valence electrons. The lowest BCUT2D eigenvalue weighted by atomic mass is 10.1. The maximum atomic E-state index is 12.8. The number of rotatable bonds is 1. The van der Waals surface area contributed by atoms with Crippen molar-refractivity contribution >= 4 is 11.9 Å². The van der Waals surface area contributed by atoms with Gasteiger partial charge in [0.05, 0.1) is 0 Å². The predicted molar refractivity (Wildman–Crippen MR) is 72.2 cm³/mol. The molecule has 0 fully saturated rings. The second-order valence-electron chi connectivity index (χ2n) is 4.65. The summed E-state index contributed by atoms with van der Waals surface area (Å²) in [5.74, 6) is -0.343. The van der Waals surface area contributed by atoms with Crippen LogP contribution in [0.1, 0.15) is 21.5 Å². The molecule has 0 atom stereocenters. The van der Waals surface area contributed by atoms with Gasteiger partial charge in [-0.05, 0) is 48.4 Å². The molecule has 0 aliphatic carbocycles. The quantitative estimate of drug-likeness (QED) is 0.807. The lowest BCUT2D eigenvalue weighted by Crippen LogP contribution is -1.98.